The summed E-state index contributed by atoms with van der Waals surface area (Å²) in [6.45, 7) is 0. The normalized spacial score (nSPS) is 10.6. The van der Waals surface area contributed by atoms with Crippen LogP contribution >= 0.6 is 11.8 Å². The Hall–Kier alpha value is -2.67. The van der Waals surface area contributed by atoms with Crippen molar-refractivity contribution in [2.24, 2.45) is 0 Å². The summed E-state index contributed by atoms with van der Waals surface area (Å²) in [5.41, 5.74) is 1.34. The van der Waals surface area contributed by atoms with Crippen molar-refractivity contribution >= 4 is 17.5 Å². The van der Waals surface area contributed by atoms with Gasteiger partial charge in [0.25, 0.3) is 0 Å². The maximum Gasteiger partial charge on any atom is 0.209 e. The maximum absolute atomic E-state index is 12.9. The van der Waals surface area contributed by atoms with E-state index in [9.17, 15) is 9.18 Å². The standard InChI is InChI=1S/C17H14FN3O2S/c1-23-14-8-4-12(5-9-14)16-19-17(21-20-16)24-10-15(22)11-2-6-13(18)7-3-11/h2-9H,10H2,1H3,(H,19,20,21). The van der Waals surface area contributed by atoms with Crippen molar-refractivity contribution in [3.05, 3.63) is 59.9 Å². The van der Waals surface area contributed by atoms with Crippen LogP contribution in [0.2, 0.25) is 0 Å². The molecule has 0 saturated carbocycles. The Morgan fingerprint density at radius 3 is 2.54 bits per heavy atom. The third kappa shape index (κ3) is 3.80. The summed E-state index contributed by atoms with van der Waals surface area (Å²) in [5.74, 6) is 1.10. The van der Waals surface area contributed by atoms with E-state index < -0.39 is 0 Å². The van der Waals surface area contributed by atoms with Gasteiger partial charge in [-0.15, -0.1) is 5.10 Å². The Kier molecular flexibility index (Phi) is 4.90. The number of Topliss-reactive ketones (excluding diaryl/α,β-unsaturated/α-hetero) is 1. The fraction of sp³-hybridized carbons (Fsp3) is 0.118. The van der Waals surface area contributed by atoms with E-state index in [1.165, 1.54) is 36.0 Å². The number of rotatable bonds is 6. The number of halogens is 1. The van der Waals surface area contributed by atoms with E-state index in [-0.39, 0.29) is 17.4 Å². The Morgan fingerprint density at radius 2 is 1.88 bits per heavy atom. The van der Waals surface area contributed by atoms with Crippen molar-refractivity contribution in [3.8, 4) is 17.1 Å². The Morgan fingerprint density at radius 1 is 1.17 bits per heavy atom. The molecule has 0 unspecified atom stereocenters. The van der Waals surface area contributed by atoms with Gasteiger partial charge in [-0.1, -0.05) is 11.8 Å². The van der Waals surface area contributed by atoms with Crippen molar-refractivity contribution < 1.29 is 13.9 Å². The summed E-state index contributed by atoms with van der Waals surface area (Å²) < 4.78 is 18.0. The summed E-state index contributed by atoms with van der Waals surface area (Å²) in [5, 5.41) is 7.43. The predicted octanol–water partition coefficient (Wildman–Crippen LogP) is 3.59. The number of hydrogen-bond donors (Lipinski definition) is 1. The number of thioether (sulfide) groups is 1. The van der Waals surface area contributed by atoms with Gasteiger partial charge in [-0.3, -0.25) is 9.89 Å². The third-order valence-corrected chi connectivity index (χ3v) is 4.17. The first-order valence-corrected chi connectivity index (χ1v) is 8.12. The summed E-state index contributed by atoms with van der Waals surface area (Å²) >= 11 is 1.23. The van der Waals surface area contributed by atoms with Gasteiger partial charge in [0, 0.05) is 11.1 Å². The fourth-order valence-corrected chi connectivity index (χ4v) is 2.73. The number of H-pyrrole nitrogens is 1. The lowest BCUT2D eigenvalue weighted by Gasteiger charge is -2.00. The minimum atomic E-state index is -0.364. The SMILES string of the molecule is COc1ccc(-c2nc(SCC(=O)c3ccc(F)cc3)n[nH]2)cc1. The predicted molar refractivity (Wildman–Crippen MR) is 89.8 cm³/mol. The van der Waals surface area contributed by atoms with Crippen molar-refractivity contribution in [1.29, 1.82) is 0 Å². The summed E-state index contributed by atoms with van der Waals surface area (Å²) in [6, 6.07) is 12.9. The summed E-state index contributed by atoms with van der Waals surface area (Å²) in [7, 11) is 1.61. The minimum Gasteiger partial charge on any atom is -0.497 e. The van der Waals surface area contributed by atoms with E-state index in [1.807, 2.05) is 24.3 Å². The van der Waals surface area contributed by atoms with E-state index >= 15 is 0 Å². The lowest BCUT2D eigenvalue weighted by atomic mass is 10.1. The number of carbonyl (C=O) groups excluding carboxylic acids is 1. The van der Waals surface area contributed by atoms with Gasteiger partial charge in [0.1, 0.15) is 11.6 Å². The van der Waals surface area contributed by atoms with Crippen LogP contribution in [-0.2, 0) is 0 Å². The molecule has 0 spiro atoms. The molecule has 0 aliphatic carbocycles. The first-order chi connectivity index (χ1) is 11.7. The molecule has 24 heavy (non-hydrogen) atoms. The molecule has 0 amide bonds. The van der Waals surface area contributed by atoms with Crippen LogP contribution in [0.5, 0.6) is 5.75 Å². The zero-order chi connectivity index (χ0) is 16.9. The molecule has 122 valence electrons. The molecule has 7 heteroatoms. The Balaban J connectivity index is 1.63. The molecular weight excluding hydrogens is 329 g/mol. The lowest BCUT2D eigenvalue weighted by Crippen LogP contribution is -2.02. The number of ketones is 1. The average molecular weight is 343 g/mol. The third-order valence-electron chi connectivity index (χ3n) is 3.33. The second kappa shape index (κ2) is 7.27. The fourth-order valence-electron chi connectivity index (χ4n) is 2.04. The van der Waals surface area contributed by atoms with Gasteiger partial charge in [-0.25, -0.2) is 9.37 Å². The topological polar surface area (TPSA) is 67.9 Å². The molecule has 1 aromatic heterocycles. The molecule has 0 fully saturated rings. The van der Waals surface area contributed by atoms with Gasteiger partial charge in [-0.2, -0.15) is 0 Å². The van der Waals surface area contributed by atoms with Crippen LogP contribution in [0.3, 0.4) is 0 Å². The monoisotopic (exact) mass is 343 g/mol. The molecule has 0 aliphatic heterocycles. The number of carbonyl (C=O) groups is 1. The van der Waals surface area contributed by atoms with Gasteiger partial charge in [0.2, 0.25) is 5.16 Å². The highest BCUT2D eigenvalue weighted by atomic mass is 32.2. The van der Waals surface area contributed by atoms with Crippen LogP contribution in [0.15, 0.2) is 53.7 Å². The number of ether oxygens (including phenoxy) is 1. The molecule has 1 heterocycles. The number of nitrogens with zero attached hydrogens (tertiary/aromatic N) is 2. The van der Waals surface area contributed by atoms with Crippen LogP contribution < -0.4 is 4.74 Å². The smallest absolute Gasteiger partial charge is 0.209 e. The zero-order valence-corrected chi connectivity index (χ0v) is 13.6. The highest BCUT2D eigenvalue weighted by Gasteiger charge is 2.11. The highest BCUT2D eigenvalue weighted by Crippen LogP contribution is 2.22. The molecule has 0 radical (unpaired) electrons. The van der Waals surface area contributed by atoms with E-state index in [1.54, 1.807) is 7.11 Å². The Labute approximate surface area is 142 Å². The van der Waals surface area contributed by atoms with Crippen LogP contribution in [0.4, 0.5) is 4.39 Å². The molecule has 3 rings (SSSR count). The molecule has 1 N–H and O–H groups in total. The van der Waals surface area contributed by atoms with Gasteiger partial charge in [-0.05, 0) is 48.5 Å². The van der Waals surface area contributed by atoms with Gasteiger partial charge >= 0.3 is 0 Å². The number of aromatic nitrogens is 3. The summed E-state index contributed by atoms with van der Waals surface area (Å²) in [4.78, 5) is 16.4. The molecule has 0 atom stereocenters. The summed E-state index contributed by atoms with van der Waals surface area (Å²) in [6.07, 6.45) is 0. The maximum atomic E-state index is 12.9. The van der Waals surface area contributed by atoms with Crippen LogP contribution in [0.25, 0.3) is 11.4 Å². The number of methoxy groups -OCH3 is 1. The molecular formula is C17H14FN3O2S. The van der Waals surface area contributed by atoms with Crippen LogP contribution in [0.1, 0.15) is 10.4 Å². The largest absolute Gasteiger partial charge is 0.497 e. The number of benzene rings is 2. The first kappa shape index (κ1) is 16.2. The van der Waals surface area contributed by atoms with Crippen molar-refractivity contribution in [1.82, 2.24) is 15.2 Å². The lowest BCUT2D eigenvalue weighted by molar-refractivity contribution is 0.102. The number of hydrogen-bond acceptors (Lipinski definition) is 5. The number of nitrogens with one attached hydrogen (secondary N) is 1. The van der Waals surface area contributed by atoms with E-state index in [2.05, 4.69) is 15.2 Å². The molecule has 0 saturated heterocycles. The van der Waals surface area contributed by atoms with Crippen LogP contribution in [0, 0.1) is 5.82 Å². The molecule has 3 aromatic rings. The van der Waals surface area contributed by atoms with Crippen molar-refractivity contribution in [2.75, 3.05) is 12.9 Å². The molecule has 0 aliphatic rings. The van der Waals surface area contributed by atoms with Crippen molar-refractivity contribution in [3.63, 3.8) is 0 Å². The second-order valence-corrected chi connectivity index (χ2v) is 5.86. The molecule has 0 bridgehead atoms. The zero-order valence-electron chi connectivity index (χ0n) is 12.8. The Bertz CT molecular complexity index is 832. The number of aromatic amines is 1. The van der Waals surface area contributed by atoms with E-state index in [0.29, 0.717) is 16.5 Å². The van der Waals surface area contributed by atoms with E-state index in [4.69, 9.17) is 4.74 Å². The minimum absolute atomic E-state index is 0.101. The van der Waals surface area contributed by atoms with Crippen molar-refractivity contribution in [2.45, 2.75) is 5.16 Å². The average Bonchev–Trinajstić information content (AvgIpc) is 3.09. The van der Waals surface area contributed by atoms with Crippen LogP contribution in [-0.4, -0.2) is 33.8 Å². The van der Waals surface area contributed by atoms with Gasteiger partial charge < -0.3 is 4.74 Å². The first-order valence-electron chi connectivity index (χ1n) is 7.14. The molecule has 2 aromatic carbocycles. The van der Waals surface area contributed by atoms with E-state index in [0.717, 1.165) is 11.3 Å². The van der Waals surface area contributed by atoms with Gasteiger partial charge in [0.05, 0.1) is 12.9 Å². The second-order valence-electron chi connectivity index (χ2n) is 4.91. The quantitative estimate of drug-likeness (QED) is 0.547. The highest BCUT2D eigenvalue weighted by molar-refractivity contribution is 7.99. The van der Waals surface area contributed by atoms with Gasteiger partial charge in [0.15, 0.2) is 11.6 Å². The molecule has 5 nitrogen and oxygen atoms in total.